The van der Waals surface area contributed by atoms with E-state index in [9.17, 15) is 8.42 Å². The van der Waals surface area contributed by atoms with E-state index in [0.29, 0.717) is 12.3 Å². The molecule has 0 fully saturated rings. The van der Waals surface area contributed by atoms with Crippen LogP contribution in [0.25, 0.3) is 0 Å². The van der Waals surface area contributed by atoms with E-state index in [0.717, 1.165) is 5.76 Å². The molecular weight excluding hydrogens is 268 g/mol. The molecule has 0 amide bonds. The molecule has 6 nitrogen and oxygen atoms in total. The normalized spacial score (nSPS) is 13.6. The first-order chi connectivity index (χ1) is 9.03. The van der Waals surface area contributed by atoms with Crippen LogP contribution in [0.5, 0.6) is 0 Å². The van der Waals surface area contributed by atoms with Crippen molar-refractivity contribution in [1.82, 2.24) is 10.0 Å². The van der Waals surface area contributed by atoms with Crippen molar-refractivity contribution in [2.45, 2.75) is 24.6 Å². The molecule has 2 heterocycles. The summed E-state index contributed by atoms with van der Waals surface area (Å²) in [5, 5.41) is 3.10. The molecule has 104 valence electrons. The van der Waals surface area contributed by atoms with Gasteiger partial charge in [0.15, 0.2) is 0 Å². The lowest BCUT2D eigenvalue weighted by molar-refractivity contribution is 0.375. The molecule has 0 saturated heterocycles. The summed E-state index contributed by atoms with van der Waals surface area (Å²) < 4.78 is 35.7. The molecule has 0 aliphatic rings. The van der Waals surface area contributed by atoms with Gasteiger partial charge in [-0.3, -0.25) is 0 Å². The molecule has 0 bridgehead atoms. The zero-order valence-corrected chi connectivity index (χ0v) is 11.5. The van der Waals surface area contributed by atoms with Gasteiger partial charge < -0.3 is 14.2 Å². The minimum atomic E-state index is -3.52. The van der Waals surface area contributed by atoms with Gasteiger partial charge in [-0.25, -0.2) is 13.1 Å². The highest BCUT2D eigenvalue weighted by Crippen LogP contribution is 2.16. The van der Waals surface area contributed by atoms with Gasteiger partial charge in [0, 0.05) is 0 Å². The second kappa shape index (κ2) is 5.60. The Balaban J connectivity index is 1.98. The van der Waals surface area contributed by atoms with Crippen molar-refractivity contribution < 1.29 is 17.3 Å². The fourth-order valence-electron chi connectivity index (χ4n) is 1.59. The van der Waals surface area contributed by atoms with Crippen molar-refractivity contribution in [2.75, 3.05) is 7.05 Å². The third kappa shape index (κ3) is 3.25. The number of sulfonamides is 1. The third-order valence-electron chi connectivity index (χ3n) is 2.72. The van der Waals surface area contributed by atoms with E-state index in [1.165, 1.54) is 13.1 Å². The predicted molar refractivity (Wildman–Crippen MR) is 68.9 cm³/mol. The molecule has 0 radical (unpaired) electrons. The Labute approximate surface area is 111 Å². The fraction of sp³-hybridized carbons (Fsp3) is 0.333. The molecule has 0 unspecified atom stereocenters. The van der Waals surface area contributed by atoms with Gasteiger partial charge in [0.1, 0.15) is 11.5 Å². The number of nitrogens with one attached hydrogen (secondary N) is 2. The van der Waals surface area contributed by atoms with Crippen LogP contribution < -0.4 is 10.0 Å². The van der Waals surface area contributed by atoms with E-state index in [1.54, 1.807) is 12.3 Å². The lowest BCUT2D eigenvalue weighted by Gasteiger charge is -2.09. The monoisotopic (exact) mass is 284 g/mol. The predicted octanol–water partition coefficient (Wildman–Crippen LogP) is 1.63. The Hall–Kier alpha value is -1.57. The maximum Gasteiger partial charge on any atom is 0.273 e. The Morgan fingerprint density at radius 2 is 2.11 bits per heavy atom. The van der Waals surface area contributed by atoms with Gasteiger partial charge in [0.2, 0.25) is 5.09 Å². The van der Waals surface area contributed by atoms with Crippen molar-refractivity contribution >= 4 is 10.0 Å². The van der Waals surface area contributed by atoms with Gasteiger partial charge in [-0.15, -0.1) is 0 Å². The van der Waals surface area contributed by atoms with Gasteiger partial charge >= 0.3 is 0 Å². The molecule has 2 aromatic rings. The number of rotatable bonds is 6. The standard InChI is InChI=1S/C12H16N2O4S/c1-9(11-4-3-7-17-11)14-8-10-5-6-12(18-10)19(15,16)13-2/h3-7,9,13-14H,8H2,1-2H3/t9-/m0/s1. The zero-order valence-electron chi connectivity index (χ0n) is 10.7. The van der Waals surface area contributed by atoms with E-state index in [-0.39, 0.29) is 11.1 Å². The van der Waals surface area contributed by atoms with Crippen molar-refractivity contribution in [2.24, 2.45) is 0 Å². The SMILES string of the molecule is CNS(=O)(=O)c1ccc(CN[C@@H](C)c2ccco2)o1. The minimum absolute atomic E-state index is 0.0180. The number of furan rings is 2. The molecule has 19 heavy (non-hydrogen) atoms. The van der Waals surface area contributed by atoms with Crippen LogP contribution in [0.3, 0.4) is 0 Å². The maximum absolute atomic E-state index is 11.5. The molecule has 1 atom stereocenters. The molecule has 2 rings (SSSR count). The second-order valence-electron chi connectivity index (χ2n) is 4.05. The quantitative estimate of drug-likeness (QED) is 0.842. The number of hydrogen-bond acceptors (Lipinski definition) is 5. The fourth-order valence-corrected chi connectivity index (χ4v) is 2.26. The van der Waals surface area contributed by atoms with Crippen molar-refractivity contribution in [1.29, 1.82) is 0 Å². The van der Waals surface area contributed by atoms with Gasteiger partial charge in [0.05, 0.1) is 18.8 Å². The lowest BCUT2D eigenvalue weighted by Crippen LogP contribution is -2.18. The highest BCUT2D eigenvalue weighted by atomic mass is 32.2. The van der Waals surface area contributed by atoms with Crippen LogP contribution in [0, 0.1) is 0 Å². The van der Waals surface area contributed by atoms with E-state index < -0.39 is 10.0 Å². The summed E-state index contributed by atoms with van der Waals surface area (Å²) in [4.78, 5) is 0. The summed E-state index contributed by atoms with van der Waals surface area (Å²) in [6, 6.07) is 6.77. The summed E-state index contributed by atoms with van der Waals surface area (Å²) in [5.74, 6) is 1.36. The van der Waals surface area contributed by atoms with E-state index in [4.69, 9.17) is 8.83 Å². The molecule has 0 aromatic carbocycles. The Bertz CT molecular complexity index is 616. The molecule has 2 N–H and O–H groups in total. The van der Waals surface area contributed by atoms with Gasteiger partial charge in [-0.05, 0) is 38.2 Å². The average Bonchev–Trinajstić information content (AvgIpc) is 3.07. The lowest BCUT2D eigenvalue weighted by atomic mass is 10.2. The molecule has 0 spiro atoms. The second-order valence-corrected chi connectivity index (χ2v) is 5.86. The molecule has 2 aromatic heterocycles. The first-order valence-electron chi connectivity index (χ1n) is 5.82. The summed E-state index contributed by atoms with van der Waals surface area (Å²) >= 11 is 0. The van der Waals surface area contributed by atoms with E-state index in [2.05, 4.69) is 10.0 Å². The number of hydrogen-bond donors (Lipinski definition) is 2. The Morgan fingerprint density at radius 3 is 2.74 bits per heavy atom. The third-order valence-corrected chi connectivity index (χ3v) is 4.01. The topological polar surface area (TPSA) is 84.5 Å². The van der Waals surface area contributed by atoms with Crippen LogP contribution in [0.1, 0.15) is 24.5 Å². The summed E-state index contributed by atoms with van der Waals surface area (Å²) in [7, 11) is -2.18. The van der Waals surface area contributed by atoms with Crippen molar-refractivity contribution in [3.63, 3.8) is 0 Å². The Kier molecular flexibility index (Phi) is 4.08. The van der Waals surface area contributed by atoms with E-state index >= 15 is 0 Å². The zero-order chi connectivity index (χ0) is 13.9. The van der Waals surface area contributed by atoms with Crippen LogP contribution in [-0.2, 0) is 16.6 Å². The summed E-state index contributed by atoms with van der Waals surface area (Å²) in [6.07, 6.45) is 1.61. The Morgan fingerprint density at radius 1 is 1.32 bits per heavy atom. The highest BCUT2D eigenvalue weighted by Gasteiger charge is 2.16. The van der Waals surface area contributed by atoms with Crippen LogP contribution in [0.2, 0.25) is 0 Å². The van der Waals surface area contributed by atoms with Crippen LogP contribution in [0.15, 0.2) is 44.5 Å². The largest absolute Gasteiger partial charge is 0.468 e. The van der Waals surface area contributed by atoms with E-state index in [1.807, 2.05) is 19.1 Å². The first kappa shape index (κ1) is 13.9. The summed E-state index contributed by atoms with van der Waals surface area (Å²) in [6.45, 7) is 2.37. The molecule has 0 aliphatic heterocycles. The van der Waals surface area contributed by atoms with Crippen molar-refractivity contribution in [3.05, 3.63) is 42.0 Å². The van der Waals surface area contributed by atoms with Gasteiger partial charge in [-0.2, -0.15) is 0 Å². The van der Waals surface area contributed by atoms with Crippen LogP contribution in [-0.4, -0.2) is 15.5 Å². The van der Waals surface area contributed by atoms with Crippen molar-refractivity contribution in [3.8, 4) is 0 Å². The van der Waals surface area contributed by atoms with Gasteiger partial charge in [-0.1, -0.05) is 0 Å². The first-order valence-corrected chi connectivity index (χ1v) is 7.30. The highest BCUT2D eigenvalue weighted by molar-refractivity contribution is 7.89. The molecule has 0 aliphatic carbocycles. The molecule has 7 heteroatoms. The van der Waals surface area contributed by atoms with Crippen LogP contribution in [0.4, 0.5) is 0 Å². The minimum Gasteiger partial charge on any atom is -0.468 e. The molecular formula is C12H16N2O4S. The molecule has 0 saturated carbocycles. The summed E-state index contributed by atoms with van der Waals surface area (Å²) in [5.41, 5.74) is 0. The smallest absolute Gasteiger partial charge is 0.273 e. The average molecular weight is 284 g/mol. The maximum atomic E-state index is 11.5. The van der Waals surface area contributed by atoms with Gasteiger partial charge in [0.25, 0.3) is 10.0 Å². The van der Waals surface area contributed by atoms with Crippen LogP contribution >= 0.6 is 0 Å².